The van der Waals surface area contributed by atoms with Crippen molar-refractivity contribution in [2.24, 2.45) is 0 Å². The van der Waals surface area contributed by atoms with Gasteiger partial charge < -0.3 is 4.98 Å². The second kappa shape index (κ2) is 3.85. The number of H-pyrrole nitrogens is 1. The average molecular weight is 263 g/mol. The first-order valence-electron chi connectivity index (χ1n) is 5.59. The van der Waals surface area contributed by atoms with Crippen molar-refractivity contribution in [3.63, 3.8) is 0 Å². The molecule has 96 valence electrons. The Labute approximate surface area is 105 Å². The van der Waals surface area contributed by atoms with Crippen molar-refractivity contribution >= 4 is 21.7 Å². The summed E-state index contributed by atoms with van der Waals surface area (Å²) >= 11 is 0. The zero-order valence-corrected chi connectivity index (χ0v) is 9.58. The van der Waals surface area contributed by atoms with Gasteiger partial charge in [0.2, 0.25) is 0 Å². The molecule has 2 nitrogen and oxygen atoms in total. The van der Waals surface area contributed by atoms with Crippen LogP contribution < -0.4 is 5.56 Å². The molecule has 2 aromatic carbocycles. The summed E-state index contributed by atoms with van der Waals surface area (Å²) in [5.41, 5.74) is -0.722. The van der Waals surface area contributed by atoms with Crippen LogP contribution in [0.4, 0.5) is 13.2 Å². The lowest BCUT2D eigenvalue weighted by Gasteiger charge is -2.08. The first kappa shape index (κ1) is 11.8. The summed E-state index contributed by atoms with van der Waals surface area (Å²) in [4.78, 5) is 14.4. The molecule has 19 heavy (non-hydrogen) atoms. The Hall–Kier alpha value is -2.30. The van der Waals surface area contributed by atoms with Crippen LogP contribution in [0.2, 0.25) is 0 Å². The maximum absolute atomic E-state index is 12.6. The Balaban J connectivity index is 2.45. The molecule has 3 aromatic rings. The third kappa shape index (κ3) is 1.87. The van der Waals surface area contributed by atoms with E-state index in [1.807, 2.05) is 0 Å². The number of benzene rings is 2. The van der Waals surface area contributed by atoms with Gasteiger partial charge in [0.25, 0.3) is 5.56 Å². The number of pyridine rings is 1. The number of nitrogens with one attached hydrogen (secondary N) is 1. The maximum Gasteiger partial charge on any atom is 0.416 e. The summed E-state index contributed by atoms with van der Waals surface area (Å²) in [5.74, 6) is 0. The van der Waals surface area contributed by atoms with Crippen molar-refractivity contribution in [1.82, 2.24) is 4.98 Å². The Morgan fingerprint density at radius 3 is 2.37 bits per heavy atom. The van der Waals surface area contributed by atoms with Crippen molar-refractivity contribution in [1.29, 1.82) is 0 Å². The van der Waals surface area contributed by atoms with Gasteiger partial charge in [0, 0.05) is 16.3 Å². The van der Waals surface area contributed by atoms with E-state index in [1.165, 1.54) is 6.07 Å². The van der Waals surface area contributed by atoms with Crippen molar-refractivity contribution < 1.29 is 13.2 Å². The fourth-order valence-electron chi connectivity index (χ4n) is 2.16. The highest BCUT2D eigenvalue weighted by atomic mass is 19.4. The maximum atomic E-state index is 12.6. The van der Waals surface area contributed by atoms with Crippen LogP contribution in [0.25, 0.3) is 21.7 Å². The number of halogens is 3. The van der Waals surface area contributed by atoms with Gasteiger partial charge in [-0.05, 0) is 23.6 Å². The van der Waals surface area contributed by atoms with E-state index in [2.05, 4.69) is 4.98 Å². The molecule has 0 spiro atoms. The lowest BCUT2D eigenvalue weighted by Crippen LogP contribution is -2.10. The molecule has 1 heterocycles. The van der Waals surface area contributed by atoms with Crippen LogP contribution in [0, 0.1) is 0 Å². The van der Waals surface area contributed by atoms with E-state index in [1.54, 1.807) is 24.3 Å². The lowest BCUT2D eigenvalue weighted by molar-refractivity contribution is -0.137. The van der Waals surface area contributed by atoms with Gasteiger partial charge in [0.1, 0.15) is 0 Å². The summed E-state index contributed by atoms with van der Waals surface area (Å²) in [6.45, 7) is 0. The van der Waals surface area contributed by atoms with Crippen molar-refractivity contribution in [2.75, 3.05) is 0 Å². The predicted octanol–water partition coefficient (Wildman–Crippen LogP) is 3.70. The molecule has 0 aliphatic rings. The molecular weight excluding hydrogens is 255 g/mol. The van der Waals surface area contributed by atoms with Crippen LogP contribution in [0.3, 0.4) is 0 Å². The Kier molecular flexibility index (Phi) is 2.38. The third-order valence-electron chi connectivity index (χ3n) is 3.06. The molecule has 0 aliphatic carbocycles. The van der Waals surface area contributed by atoms with Crippen LogP contribution >= 0.6 is 0 Å². The largest absolute Gasteiger partial charge is 0.416 e. The molecule has 0 aliphatic heterocycles. The highest BCUT2D eigenvalue weighted by Crippen LogP contribution is 2.31. The molecule has 0 saturated heterocycles. The quantitative estimate of drug-likeness (QED) is 0.616. The highest BCUT2D eigenvalue weighted by molar-refractivity contribution is 6.05. The molecule has 5 heteroatoms. The Morgan fingerprint density at radius 1 is 0.895 bits per heavy atom. The fraction of sp³-hybridized carbons (Fsp3) is 0.0714. The van der Waals surface area contributed by atoms with Gasteiger partial charge in [0.05, 0.1) is 5.56 Å². The summed E-state index contributed by atoms with van der Waals surface area (Å²) in [5, 5.41) is 1.30. The molecule has 0 fully saturated rings. The average Bonchev–Trinajstić information content (AvgIpc) is 2.37. The molecule has 0 bridgehead atoms. The van der Waals surface area contributed by atoms with Gasteiger partial charge in [-0.3, -0.25) is 4.79 Å². The molecule has 1 N–H and O–H groups in total. The molecular formula is C14H8F3NO. The number of para-hydroxylation sites is 1. The monoisotopic (exact) mass is 263 g/mol. The molecule has 0 amide bonds. The number of aromatic amines is 1. The van der Waals surface area contributed by atoms with Gasteiger partial charge in [0.15, 0.2) is 0 Å². The Morgan fingerprint density at radius 2 is 1.63 bits per heavy atom. The molecule has 0 atom stereocenters. The van der Waals surface area contributed by atoms with Crippen molar-refractivity contribution in [2.45, 2.75) is 6.18 Å². The van der Waals surface area contributed by atoms with Crippen LogP contribution in [-0.4, -0.2) is 4.98 Å². The number of alkyl halides is 3. The first-order chi connectivity index (χ1) is 8.97. The molecule has 0 saturated carbocycles. The van der Waals surface area contributed by atoms with Gasteiger partial charge in [-0.25, -0.2) is 0 Å². The van der Waals surface area contributed by atoms with Gasteiger partial charge in [-0.15, -0.1) is 0 Å². The Bertz CT molecular complexity index is 833. The number of hydrogen-bond donors (Lipinski definition) is 1. The highest BCUT2D eigenvalue weighted by Gasteiger charge is 2.30. The van der Waals surface area contributed by atoms with Crippen LogP contribution in [0.1, 0.15) is 5.56 Å². The van der Waals surface area contributed by atoms with Crippen LogP contribution in [0.15, 0.2) is 47.3 Å². The summed E-state index contributed by atoms with van der Waals surface area (Å²) in [6.07, 6.45) is -4.45. The molecule has 3 rings (SSSR count). The number of rotatable bonds is 0. The van der Waals surface area contributed by atoms with E-state index in [4.69, 9.17) is 0 Å². The van der Waals surface area contributed by atoms with Crippen LogP contribution in [-0.2, 0) is 6.18 Å². The smallest absolute Gasteiger partial charge is 0.321 e. The SMILES string of the molecule is O=c1[nH]c2ccccc2c2ccc(C(F)(F)F)cc12. The van der Waals surface area contributed by atoms with E-state index in [0.29, 0.717) is 10.9 Å². The minimum Gasteiger partial charge on any atom is -0.321 e. The van der Waals surface area contributed by atoms with E-state index < -0.39 is 17.3 Å². The fourth-order valence-corrected chi connectivity index (χ4v) is 2.16. The summed E-state index contributed by atoms with van der Waals surface area (Å²) in [7, 11) is 0. The normalized spacial score (nSPS) is 12.2. The topological polar surface area (TPSA) is 32.9 Å². The van der Waals surface area contributed by atoms with Gasteiger partial charge in [-0.2, -0.15) is 13.2 Å². The van der Waals surface area contributed by atoms with E-state index in [0.717, 1.165) is 17.5 Å². The number of aromatic nitrogens is 1. The van der Waals surface area contributed by atoms with Crippen molar-refractivity contribution in [3.8, 4) is 0 Å². The van der Waals surface area contributed by atoms with Gasteiger partial charge in [-0.1, -0.05) is 24.3 Å². The number of fused-ring (bicyclic) bond motifs is 3. The summed E-state index contributed by atoms with van der Waals surface area (Å²) in [6, 6.07) is 10.2. The lowest BCUT2D eigenvalue weighted by atomic mass is 10.0. The zero-order chi connectivity index (χ0) is 13.6. The second-order valence-electron chi connectivity index (χ2n) is 4.26. The second-order valence-corrected chi connectivity index (χ2v) is 4.26. The van der Waals surface area contributed by atoms with Crippen molar-refractivity contribution in [3.05, 3.63) is 58.4 Å². The first-order valence-corrected chi connectivity index (χ1v) is 5.59. The van der Waals surface area contributed by atoms with E-state index in [-0.39, 0.29) is 5.39 Å². The zero-order valence-electron chi connectivity index (χ0n) is 9.58. The molecule has 1 aromatic heterocycles. The molecule has 0 radical (unpaired) electrons. The minimum absolute atomic E-state index is 0.0496. The molecule has 0 unspecified atom stereocenters. The predicted molar refractivity (Wildman–Crippen MR) is 67.1 cm³/mol. The standard InChI is InChI=1S/C14H8F3NO/c15-14(16,17)8-5-6-9-10-3-1-2-4-12(10)18-13(19)11(9)7-8/h1-7H,(H,18,19). The van der Waals surface area contributed by atoms with Gasteiger partial charge >= 0.3 is 6.18 Å². The minimum atomic E-state index is -4.45. The summed E-state index contributed by atoms with van der Waals surface area (Å²) < 4.78 is 37.9. The van der Waals surface area contributed by atoms with E-state index in [9.17, 15) is 18.0 Å². The van der Waals surface area contributed by atoms with E-state index >= 15 is 0 Å². The number of hydrogen-bond acceptors (Lipinski definition) is 1. The van der Waals surface area contributed by atoms with Crippen LogP contribution in [0.5, 0.6) is 0 Å². The third-order valence-corrected chi connectivity index (χ3v) is 3.06.